The van der Waals surface area contributed by atoms with Gasteiger partial charge in [-0.2, -0.15) is 20.4 Å². The van der Waals surface area contributed by atoms with Crippen LogP contribution < -0.4 is 167 Å². The van der Waals surface area contributed by atoms with Crippen molar-refractivity contribution in [2.75, 3.05) is 73.7 Å². The zero-order chi connectivity index (χ0) is 79.0. The number of hydrogen-bond donors (Lipinski definition) is 1. The van der Waals surface area contributed by atoms with Crippen LogP contribution in [0.25, 0.3) is 43.6 Å². The van der Waals surface area contributed by atoms with Crippen LogP contribution in [0.3, 0.4) is 0 Å². The molecule has 0 amide bonds. The second kappa shape index (κ2) is 55.5. The van der Waals surface area contributed by atoms with Crippen molar-refractivity contribution in [1.29, 1.82) is 0 Å². The van der Waals surface area contributed by atoms with Crippen LogP contribution in [0.1, 0.15) is 144 Å². The number of nitrogens with zero attached hydrogens (tertiary/aromatic N) is 10. The molecule has 1 saturated heterocycles. The monoisotopic (exact) mass is 2060 g/mol. The number of rotatable bonds is 17. The Kier molecular flexibility index (Phi) is 52.8. The van der Waals surface area contributed by atoms with Gasteiger partial charge in [-0.15, -0.1) is 0 Å². The zero-order valence-corrected chi connectivity index (χ0v) is 86.8. The van der Waals surface area contributed by atoms with E-state index in [-0.39, 0.29) is 209 Å². The van der Waals surface area contributed by atoms with Gasteiger partial charge < -0.3 is 56.9 Å². The SMILES string of the molecule is BrCC1CC1.CC(C)COC(=O)Cl.CN1CCOCC1.COC(=O)c1cc(Br)c2c(c1)CN=C2.COC(=O)c1cc(Br)c2cn(CC3CC3)nc2c1.COC(=O)c1cc(Br)c2cnn(CC3CC3)c2c1.COC(=O)c1cc(Br)c2cnn(CC3CC3)c2c1.O=C(O)c1cc(Br)c2cnn(CC3CC3)c2c1.O=CO[O-].[B].[H-].[H-].[K+].[K+].[Na+].[Na+].[OH-]. The smallest absolute Gasteiger partial charge is 1.00 e. The summed E-state index contributed by atoms with van der Waals surface area (Å²) >= 11 is 25.5. The van der Waals surface area contributed by atoms with E-state index in [9.17, 15) is 28.8 Å². The van der Waals surface area contributed by atoms with Crippen LogP contribution in [0, 0.1) is 35.5 Å². The average Bonchev–Trinajstić information content (AvgIpc) is 1.81. The van der Waals surface area contributed by atoms with Gasteiger partial charge in [0, 0.05) is 126 Å². The Hall–Kier alpha value is -1.71. The van der Waals surface area contributed by atoms with Gasteiger partial charge in [-0.25, -0.2) is 28.8 Å². The van der Waals surface area contributed by atoms with Crippen molar-refractivity contribution in [1.82, 2.24) is 44.0 Å². The maximum Gasteiger partial charge on any atom is 1.00 e. The van der Waals surface area contributed by atoms with Crippen LogP contribution in [-0.4, -0.2) is 185 Å². The normalized spacial score (nSPS) is 14.3. The number of esters is 4. The standard InChI is InChI=1S/3C13H13BrN2O2.C12H11BrN2O2.C10H8BrNO2.C5H9ClO2.C5H11NO.C4H7Br.CH2O3.B.2K.2Na.H2O.2H/c2*1-18-13(17)9-4-11(14)10-6-15-16(12(10)5-9)7-8-2-3-8;1-18-13(17)9-4-11(14)10-7-16(6-8-2-3-8)15-12(10)5-9;13-10-3-8(12(16)17)4-11-9(10)5-14-15(11)6-7-1-2-7;1-14-10(13)6-2-7-4-12-5-8(7)9(11)3-6;1-4(2)3-8-5(6)7;1-6-2-4-7-5-3-6;5-3-4-1-2-4;2-1-4-3;;;;;;;;/h2*4-6,8H,2-3,7H2,1H3;4-5,7-8H,2-3,6H2,1H3;3-5,7H,1-2,6H2,(H,16,17);2-3,5H,4H2,1H3;4H,3H2,1-2H3;2-5H2,1H3;4H,1-3H2;1,3H;;;;;;1H2;;/q;;;;;;;;;;4*+1;;2*-1/p-2. The second-order valence-corrected chi connectivity index (χ2v) is 32.3. The minimum absolute atomic E-state index is 0. The van der Waals surface area contributed by atoms with E-state index in [2.05, 4.69) is 147 Å². The number of carbonyl (C=O) groups excluding carboxylic acids is 6. The van der Waals surface area contributed by atoms with Gasteiger partial charge in [-0.1, -0.05) is 109 Å². The molecule has 0 atom stereocenters. The summed E-state index contributed by atoms with van der Waals surface area (Å²) in [6, 6.07) is 17.7. The molecular weight excluding hydrogens is 1970 g/mol. The van der Waals surface area contributed by atoms with Gasteiger partial charge in [0.25, 0.3) is 6.47 Å². The number of benzene rings is 5. The Morgan fingerprint density at radius 1 is 0.583 bits per heavy atom. The molecule has 3 radical (unpaired) electrons. The van der Waals surface area contributed by atoms with Crippen LogP contribution in [-0.2, 0) is 70.8 Å². The summed E-state index contributed by atoms with van der Waals surface area (Å²) < 4.78 is 40.6. The van der Waals surface area contributed by atoms with E-state index in [4.69, 9.17) is 45.7 Å². The first kappa shape index (κ1) is 109. The minimum Gasteiger partial charge on any atom is -1.00 e. The Morgan fingerprint density at radius 2 is 0.939 bits per heavy atom. The largest absolute Gasteiger partial charge is 1.00 e. The number of hydrogen-bond acceptors (Lipinski definition) is 22. The molecule has 4 aromatic heterocycles. The molecular formula is C76H89BBr6ClK2N10Na2O17. The van der Waals surface area contributed by atoms with Crippen LogP contribution >= 0.6 is 107 Å². The number of fused-ring (bicyclic) bond motifs is 5. The molecule has 0 bridgehead atoms. The summed E-state index contributed by atoms with van der Waals surface area (Å²) in [5.74, 6) is 2.17. The molecule has 5 saturated carbocycles. The number of likely N-dealkylation sites (N-methyl/N-ethyl adjacent to an activating group) is 1. The Bertz CT molecular complexity index is 4580. The number of aliphatic imine (C=N–C) groups is 1. The molecule has 6 fully saturated rings. The molecule has 39 heteroatoms. The van der Waals surface area contributed by atoms with Gasteiger partial charge in [0.2, 0.25) is 0 Å². The summed E-state index contributed by atoms with van der Waals surface area (Å²) in [5.41, 5.74) is 7.54. The van der Waals surface area contributed by atoms with E-state index in [1.165, 1.54) is 98.0 Å². The average molecular weight is 2060 g/mol. The van der Waals surface area contributed by atoms with Crippen LogP contribution in [0.5, 0.6) is 0 Å². The maximum absolute atomic E-state index is 11.6. The van der Waals surface area contributed by atoms with Gasteiger partial charge >= 0.3 is 197 Å². The molecule has 0 unspecified atom stereocenters. The van der Waals surface area contributed by atoms with E-state index in [0.717, 1.165) is 153 Å². The fourth-order valence-corrected chi connectivity index (χ4v) is 14.2. The van der Waals surface area contributed by atoms with Crippen LogP contribution in [0.15, 0.2) is 113 Å². The fourth-order valence-electron chi connectivity index (χ4n) is 10.7. The second-order valence-electron chi connectivity index (χ2n) is 27.1. The summed E-state index contributed by atoms with van der Waals surface area (Å²) in [6.07, 6.45) is 22.4. The zero-order valence-electron chi connectivity index (χ0n) is 68.3. The van der Waals surface area contributed by atoms with E-state index in [1.54, 1.807) is 54.9 Å². The van der Waals surface area contributed by atoms with Gasteiger partial charge in [0.1, 0.15) is 0 Å². The molecule has 2 aliphatic heterocycles. The summed E-state index contributed by atoms with van der Waals surface area (Å²) in [7, 11) is 7.65. The maximum atomic E-state index is 11.6. The summed E-state index contributed by atoms with van der Waals surface area (Å²) in [6.45, 7) is 12.5. The Labute approximate surface area is 857 Å². The van der Waals surface area contributed by atoms with Gasteiger partial charge in [0.15, 0.2) is 0 Å². The molecule has 5 aromatic carbocycles. The number of carbonyl (C=O) groups is 7. The van der Waals surface area contributed by atoms with E-state index < -0.39 is 11.4 Å². The third-order valence-electron chi connectivity index (χ3n) is 17.6. The Morgan fingerprint density at radius 3 is 1.26 bits per heavy atom. The topological polar surface area (TPSA) is 344 Å². The molecule has 27 nitrogen and oxygen atoms in total. The number of ether oxygens (including phenoxy) is 6. The molecule has 16 rings (SSSR count). The molecule has 9 aromatic rings. The number of halogens is 7. The third kappa shape index (κ3) is 36.2. The van der Waals surface area contributed by atoms with Crippen molar-refractivity contribution in [3.05, 3.63) is 147 Å². The number of carboxylic acids is 1. The number of alkyl halides is 1. The van der Waals surface area contributed by atoms with Gasteiger partial charge in [-0.3, -0.25) is 28.5 Å². The molecule has 5 aliphatic carbocycles. The van der Waals surface area contributed by atoms with Crippen molar-refractivity contribution in [3.63, 3.8) is 0 Å². The minimum atomic E-state index is -0.910. The summed E-state index contributed by atoms with van der Waals surface area (Å²) in [5, 5.41) is 40.4. The van der Waals surface area contributed by atoms with Crippen molar-refractivity contribution >= 4 is 207 Å². The summed E-state index contributed by atoms with van der Waals surface area (Å²) in [4.78, 5) is 84.6. The van der Waals surface area contributed by atoms with Gasteiger partial charge in [0.05, 0.1) is 123 Å². The first-order chi connectivity index (χ1) is 52.3. The number of methoxy groups -OCH3 is 4. The van der Waals surface area contributed by atoms with E-state index in [1.807, 2.05) is 69.4 Å². The quantitative estimate of drug-likeness (QED) is 0.0197. The fraction of sp³-hybridized carbons (Fsp3) is 0.447. The number of morpholine rings is 1. The third-order valence-corrected chi connectivity index (χ3v) is 21.9. The van der Waals surface area contributed by atoms with E-state index in [0.29, 0.717) is 52.8 Å². The number of aromatic carboxylic acids is 1. The molecule has 6 heterocycles. The van der Waals surface area contributed by atoms with Gasteiger partial charge in [-0.05, 0) is 173 Å². The first-order valence-corrected chi connectivity index (χ1v) is 40.6. The van der Waals surface area contributed by atoms with Crippen LogP contribution in [0.2, 0.25) is 0 Å². The molecule has 601 valence electrons. The molecule has 7 aliphatic rings. The van der Waals surface area contributed by atoms with E-state index >= 15 is 0 Å². The molecule has 2 N–H and O–H groups in total. The Balaban J connectivity index is 0.00000132. The van der Waals surface area contributed by atoms with Crippen molar-refractivity contribution < 1.29 is 247 Å². The predicted molar refractivity (Wildman–Crippen MR) is 442 cm³/mol. The molecule has 0 spiro atoms. The van der Waals surface area contributed by atoms with Crippen molar-refractivity contribution in [2.45, 2.75) is 111 Å². The van der Waals surface area contributed by atoms with Crippen LogP contribution in [0.4, 0.5) is 4.79 Å². The first-order valence-electron chi connectivity index (χ1n) is 35.2. The number of carboxylic acid groups (broad SMARTS) is 1. The molecule has 115 heavy (non-hydrogen) atoms. The van der Waals surface area contributed by atoms with Crippen molar-refractivity contribution in [2.24, 2.45) is 40.5 Å². The van der Waals surface area contributed by atoms with Crippen molar-refractivity contribution in [3.8, 4) is 0 Å². The predicted octanol–water partition coefficient (Wildman–Crippen LogP) is 3.94. The number of aromatic nitrogens is 8.